The molecule has 0 radical (unpaired) electrons. The lowest BCUT2D eigenvalue weighted by molar-refractivity contribution is 0.861. The highest BCUT2D eigenvalue weighted by atomic mass is 35.5. The van der Waals surface area contributed by atoms with Gasteiger partial charge in [0.2, 0.25) is 0 Å². The van der Waals surface area contributed by atoms with E-state index >= 15 is 0 Å². The van der Waals surface area contributed by atoms with Gasteiger partial charge in [-0.25, -0.2) is 0 Å². The molecule has 0 heterocycles. The number of allylic oxidation sites excluding steroid dienone is 1. The molecule has 1 rings (SSSR count). The summed E-state index contributed by atoms with van der Waals surface area (Å²) in [5, 5.41) is 0.241. The lowest BCUT2D eigenvalue weighted by Gasteiger charge is -2.00. The molecule has 0 aromatic heterocycles. The Morgan fingerprint density at radius 1 is 1.71 bits per heavy atom. The van der Waals surface area contributed by atoms with E-state index < -0.39 is 0 Å². The molecule has 1 unspecified atom stereocenters. The van der Waals surface area contributed by atoms with Crippen molar-refractivity contribution in [3.8, 4) is 0 Å². The van der Waals surface area contributed by atoms with Crippen molar-refractivity contribution in [2.24, 2.45) is 0 Å². The zero-order valence-corrected chi connectivity index (χ0v) is 4.78. The largest absolute Gasteiger partial charge is 0.128 e. The molecule has 0 saturated carbocycles. The second-order valence-corrected chi connectivity index (χ2v) is 2.19. The molecule has 1 aliphatic rings. The molecule has 0 spiro atoms. The highest BCUT2D eigenvalue weighted by Crippen LogP contribution is 2.09. The van der Waals surface area contributed by atoms with E-state index in [2.05, 4.69) is 5.73 Å². The Labute approximate surface area is 48.5 Å². The lowest BCUT2D eigenvalue weighted by Crippen LogP contribution is -1.92. The fourth-order valence-electron chi connectivity index (χ4n) is 0.582. The van der Waals surface area contributed by atoms with Gasteiger partial charge in [-0.15, -0.1) is 17.3 Å². The normalized spacial score (nSPS) is 28.4. The van der Waals surface area contributed by atoms with Crippen molar-refractivity contribution in [3.05, 3.63) is 17.9 Å². The molecule has 0 fully saturated rings. The summed E-state index contributed by atoms with van der Waals surface area (Å²) in [6.45, 7) is 0. The van der Waals surface area contributed by atoms with Gasteiger partial charge in [0, 0.05) is 0 Å². The SMILES string of the molecule is ClC1C=C=CCC1. The molecule has 0 bridgehead atoms. The molecular weight excluding hydrogens is 108 g/mol. The molecule has 0 saturated heterocycles. The summed E-state index contributed by atoms with van der Waals surface area (Å²) in [7, 11) is 0. The number of hydrogen-bond donors (Lipinski definition) is 0. The third-order valence-electron chi connectivity index (χ3n) is 0.982. The highest BCUT2D eigenvalue weighted by Gasteiger charge is 1.98. The molecular formula is C6H7Cl. The summed E-state index contributed by atoms with van der Waals surface area (Å²) in [5.74, 6) is 0. The Kier molecular flexibility index (Phi) is 1.56. The van der Waals surface area contributed by atoms with Gasteiger partial charge >= 0.3 is 0 Å². The number of alkyl halides is 1. The Balaban J connectivity index is 2.57. The maximum Gasteiger partial charge on any atom is 0.0592 e. The topological polar surface area (TPSA) is 0 Å². The van der Waals surface area contributed by atoms with E-state index in [4.69, 9.17) is 11.6 Å². The van der Waals surface area contributed by atoms with Crippen molar-refractivity contribution in [2.45, 2.75) is 18.2 Å². The fraction of sp³-hybridized carbons (Fsp3) is 0.500. The molecule has 7 heavy (non-hydrogen) atoms. The van der Waals surface area contributed by atoms with Crippen LogP contribution in [0.5, 0.6) is 0 Å². The minimum Gasteiger partial charge on any atom is -0.128 e. The molecule has 0 aromatic rings. The molecule has 0 aromatic carbocycles. The van der Waals surface area contributed by atoms with Crippen molar-refractivity contribution in [1.82, 2.24) is 0 Å². The zero-order valence-electron chi connectivity index (χ0n) is 4.02. The van der Waals surface area contributed by atoms with Crippen molar-refractivity contribution in [2.75, 3.05) is 0 Å². The van der Waals surface area contributed by atoms with Gasteiger partial charge in [-0.2, -0.15) is 0 Å². The van der Waals surface area contributed by atoms with Gasteiger partial charge in [0.1, 0.15) is 0 Å². The van der Waals surface area contributed by atoms with Crippen LogP contribution in [0.3, 0.4) is 0 Å². The van der Waals surface area contributed by atoms with Crippen LogP contribution in [0.2, 0.25) is 0 Å². The molecule has 0 amide bonds. The van der Waals surface area contributed by atoms with E-state index in [9.17, 15) is 0 Å². The monoisotopic (exact) mass is 114 g/mol. The van der Waals surface area contributed by atoms with Crippen LogP contribution in [0.1, 0.15) is 12.8 Å². The predicted molar refractivity (Wildman–Crippen MR) is 31.5 cm³/mol. The van der Waals surface area contributed by atoms with E-state index in [1.165, 1.54) is 0 Å². The van der Waals surface area contributed by atoms with Gasteiger partial charge in [-0.05, 0) is 25.0 Å². The van der Waals surface area contributed by atoms with Crippen LogP contribution in [-0.4, -0.2) is 5.38 Å². The van der Waals surface area contributed by atoms with Crippen LogP contribution in [0, 0.1) is 0 Å². The minimum atomic E-state index is 0.241. The first kappa shape index (κ1) is 4.96. The molecule has 38 valence electrons. The molecule has 1 heteroatoms. The van der Waals surface area contributed by atoms with Crippen LogP contribution in [0.4, 0.5) is 0 Å². The van der Waals surface area contributed by atoms with E-state index in [1.807, 2.05) is 12.2 Å². The number of halogens is 1. The van der Waals surface area contributed by atoms with Crippen LogP contribution in [0.15, 0.2) is 17.9 Å². The van der Waals surface area contributed by atoms with Gasteiger partial charge < -0.3 is 0 Å². The van der Waals surface area contributed by atoms with Crippen LogP contribution >= 0.6 is 11.6 Å². The molecule has 0 aliphatic heterocycles. The Bertz CT molecular complexity index is 109. The molecule has 0 nitrogen and oxygen atoms in total. The number of hydrogen-bond acceptors (Lipinski definition) is 0. The first-order valence-corrected chi connectivity index (χ1v) is 2.88. The third-order valence-corrected chi connectivity index (χ3v) is 1.33. The van der Waals surface area contributed by atoms with Gasteiger partial charge in [-0.1, -0.05) is 0 Å². The Hall–Kier alpha value is -0.190. The van der Waals surface area contributed by atoms with Crippen LogP contribution in [0.25, 0.3) is 0 Å². The lowest BCUT2D eigenvalue weighted by atomic mass is 10.2. The Morgan fingerprint density at radius 2 is 2.57 bits per heavy atom. The van der Waals surface area contributed by atoms with Crippen LogP contribution < -0.4 is 0 Å². The van der Waals surface area contributed by atoms with Gasteiger partial charge in [0.25, 0.3) is 0 Å². The van der Waals surface area contributed by atoms with E-state index in [-0.39, 0.29) is 5.38 Å². The standard InChI is InChI=1S/C6H7Cl/c7-6-4-2-1-3-5-6/h1,5-6H,2,4H2. The van der Waals surface area contributed by atoms with Gasteiger partial charge in [0.05, 0.1) is 5.38 Å². The summed E-state index contributed by atoms with van der Waals surface area (Å²) in [5.41, 5.74) is 2.95. The third kappa shape index (κ3) is 1.38. The summed E-state index contributed by atoms with van der Waals surface area (Å²) in [6.07, 6.45) is 6.07. The molecule has 0 N–H and O–H groups in total. The average Bonchev–Trinajstić information content (AvgIpc) is 1.69. The number of rotatable bonds is 0. The van der Waals surface area contributed by atoms with Crippen molar-refractivity contribution in [1.29, 1.82) is 0 Å². The summed E-state index contributed by atoms with van der Waals surface area (Å²) >= 11 is 5.68. The van der Waals surface area contributed by atoms with Crippen LogP contribution in [-0.2, 0) is 0 Å². The Morgan fingerprint density at radius 3 is 2.86 bits per heavy atom. The van der Waals surface area contributed by atoms with Crippen molar-refractivity contribution in [3.63, 3.8) is 0 Å². The minimum absolute atomic E-state index is 0.241. The van der Waals surface area contributed by atoms with E-state index in [1.54, 1.807) is 0 Å². The predicted octanol–water partition coefficient (Wildman–Crippen LogP) is 2.10. The van der Waals surface area contributed by atoms with E-state index in [0.717, 1.165) is 12.8 Å². The smallest absolute Gasteiger partial charge is 0.0592 e. The maximum atomic E-state index is 5.68. The van der Waals surface area contributed by atoms with Crippen molar-refractivity contribution < 1.29 is 0 Å². The van der Waals surface area contributed by atoms with Gasteiger partial charge in [0.15, 0.2) is 0 Å². The van der Waals surface area contributed by atoms with E-state index in [0.29, 0.717) is 0 Å². The van der Waals surface area contributed by atoms with Crippen molar-refractivity contribution >= 4 is 11.6 Å². The first-order valence-electron chi connectivity index (χ1n) is 2.45. The zero-order chi connectivity index (χ0) is 5.11. The fourth-order valence-corrected chi connectivity index (χ4v) is 0.780. The summed E-state index contributed by atoms with van der Waals surface area (Å²) in [4.78, 5) is 0. The second-order valence-electron chi connectivity index (χ2n) is 1.63. The molecule has 1 aliphatic carbocycles. The second kappa shape index (κ2) is 2.20. The average molecular weight is 115 g/mol. The highest BCUT2D eigenvalue weighted by molar-refractivity contribution is 6.21. The maximum absolute atomic E-state index is 5.68. The van der Waals surface area contributed by atoms with Gasteiger partial charge in [-0.3, -0.25) is 0 Å². The summed E-state index contributed by atoms with van der Waals surface area (Å²) in [6, 6.07) is 0. The quantitative estimate of drug-likeness (QED) is 0.334. The first-order chi connectivity index (χ1) is 3.39. The molecule has 1 atom stereocenters. The summed E-state index contributed by atoms with van der Waals surface area (Å²) < 4.78 is 0.